The summed E-state index contributed by atoms with van der Waals surface area (Å²) in [5, 5.41) is 0. The molecule has 0 aromatic carbocycles. The van der Waals surface area contributed by atoms with E-state index in [2.05, 4.69) is 4.98 Å². The van der Waals surface area contributed by atoms with Crippen molar-refractivity contribution < 1.29 is 4.79 Å². The third-order valence-electron chi connectivity index (χ3n) is 1.45. The van der Waals surface area contributed by atoms with Gasteiger partial charge in [0.1, 0.15) is 0 Å². The Bertz CT molecular complexity index is 233. The van der Waals surface area contributed by atoms with Gasteiger partial charge in [0.25, 0.3) is 0 Å². The van der Waals surface area contributed by atoms with E-state index >= 15 is 0 Å². The molecule has 2 N–H and O–H groups in total. The Morgan fingerprint density at radius 1 is 1.91 bits per heavy atom. The number of Topliss-reactive ketones (excluding diaryl/α,β-unsaturated/α-hetero) is 1. The highest BCUT2D eigenvalue weighted by molar-refractivity contribution is 7.11. The third kappa shape index (κ3) is 1.85. The van der Waals surface area contributed by atoms with Crippen LogP contribution in [0.4, 0.5) is 0 Å². The van der Waals surface area contributed by atoms with Crippen LogP contribution >= 0.6 is 11.3 Å². The molecule has 1 heterocycles. The molecular weight excluding hydrogens is 160 g/mol. The van der Waals surface area contributed by atoms with E-state index in [0.717, 1.165) is 0 Å². The summed E-state index contributed by atoms with van der Waals surface area (Å²) in [7, 11) is 0. The zero-order valence-electron chi connectivity index (χ0n) is 6.28. The standard InChI is InChI=1S/C7H10N2OS/c1-2-5(8)7(10)6-3-9-4-11-6/h3-5H,2,8H2,1H3. The first-order valence-electron chi connectivity index (χ1n) is 3.44. The number of nitrogens with two attached hydrogens (primary N) is 1. The highest BCUT2D eigenvalue weighted by Crippen LogP contribution is 2.08. The summed E-state index contributed by atoms with van der Waals surface area (Å²) in [5.74, 6) is -0.00463. The van der Waals surface area contributed by atoms with Gasteiger partial charge < -0.3 is 5.73 Å². The highest BCUT2D eigenvalue weighted by Gasteiger charge is 2.14. The molecule has 0 spiro atoms. The van der Waals surface area contributed by atoms with E-state index in [9.17, 15) is 4.79 Å². The van der Waals surface area contributed by atoms with E-state index in [0.29, 0.717) is 11.3 Å². The maximum absolute atomic E-state index is 11.3. The monoisotopic (exact) mass is 170 g/mol. The number of carbonyl (C=O) groups excluding carboxylic acids is 1. The minimum absolute atomic E-state index is 0.00463. The number of carbonyl (C=O) groups is 1. The van der Waals surface area contributed by atoms with Gasteiger partial charge in [-0.1, -0.05) is 6.92 Å². The first kappa shape index (κ1) is 8.36. The van der Waals surface area contributed by atoms with Crippen LogP contribution in [-0.2, 0) is 0 Å². The normalized spacial score (nSPS) is 12.9. The Balaban J connectivity index is 2.70. The summed E-state index contributed by atoms with van der Waals surface area (Å²) in [5.41, 5.74) is 7.17. The Kier molecular flexibility index (Phi) is 2.73. The zero-order chi connectivity index (χ0) is 8.27. The summed E-state index contributed by atoms with van der Waals surface area (Å²) < 4.78 is 0. The van der Waals surface area contributed by atoms with Crippen LogP contribution in [0.25, 0.3) is 0 Å². The molecule has 0 aliphatic heterocycles. The van der Waals surface area contributed by atoms with E-state index < -0.39 is 0 Å². The van der Waals surface area contributed by atoms with Crippen molar-refractivity contribution in [2.24, 2.45) is 5.73 Å². The van der Waals surface area contributed by atoms with Gasteiger partial charge in [-0.05, 0) is 6.42 Å². The minimum Gasteiger partial charge on any atom is -0.321 e. The topological polar surface area (TPSA) is 56.0 Å². The predicted molar refractivity (Wildman–Crippen MR) is 44.7 cm³/mol. The van der Waals surface area contributed by atoms with Crippen LogP contribution in [0.3, 0.4) is 0 Å². The Labute approximate surface area is 69.3 Å². The largest absolute Gasteiger partial charge is 0.321 e. The van der Waals surface area contributed by atoms with Crippen molar-refractivity contribution in [3.05, 3.63) is 16.6 Å². The molecule has 1 unspecified atom stereocenters. The third-order valence-corrected chi connectivity index (χ3v) is 2.24. The Morgan fingerprint density at radius 2 is 2.64 bits per heavy atom. The molecule has 4 heteroatoms. The van der Waals surface area contributed by atoms with Crippen molar-refractivity contribution in [3.63, 3.8) is 0 Å². The van der Waals surface area contributed by atoms with E-state index in [1.54, 1.807) is 11.7 Å². The molecule has 0 fully saturated rings. The summed E-state index contributed by atoms with van der Waals surface area (Å²) in [4.78, 5) is 15.7. The second-order valence-corrected chi connectivity index (χ2v) is 3.13. The van der Waals surface area contributed by atoms with Gasteiger partial charge in [-0.15, -0.1) is 11.3 Å². The summed E-state index contributed by atoms with van der Waals surface area (Å²) >= 11 is 1.33. The number of aromatic nitrogens is 1. The van der Waals surface area contributed by atoms with E-state index in [1.165, 1.54) is 11.3 Å². The lowest BCUT2D eigenvalue weighted by molar-refractivity contribution is 0.0963. The molecule has 1 aromatic heterocycles. The van der Waals surface area contributed by atoms with Crippen LogP contribution in [-0.4, -0.2) is 16.8 Å². The number of nitrogens with zero attached hydrogens (tertiary/aromatic N) is 1. The fraction of sp³-hybridized carbons (Fsp3) is 0.429. The molecule has 1 atom stereocenters. The van der Waals surface area contributed by atoms with Crippen LogP contribution in [0.2, 0.25) is 0 Å². The molecule has 0 radical (unpaired) electrons. The fourth-order valence-electron chi connectivity index (χ4n) is 0.706. The quantitative estimate of drug-likeness (QED) is 0.690. The van der Waals surface area contributed by atoms with Crippen molar-refractivity contribution in [3.8, 4) is 0 Å². The second kappa shape index (κ2) is 3.59. The van der Waals surface area contributed by atoms with E-state index in [-0.39, 0.29) is 11.8 Å². The number of ketones is 1. The summed E-state index contributed by atoms with van der Waals surface area (Å²) in [6, 6.07) is -0.365. The van der Waals surface area contributed by atoms with Crippen molar-refractivity contribution in [1.29, 1.82) is 0 Å². The van der Waals surface area contributed by atoms with Crippen LogP contribution in [0.5, 0.6) is 0 Å². The molecule has 0 saturated heterocycles. The molecule has 60 valence electrons. The molecular formula is C7H10N2OS. The van der Waals surface area contributed by atoms with Gasteiger partial charge in [0.15, 0.2) is 5.78 Å². The minimum atomic E-state index is -0.365. The first-order valence-corrected chi connectivity index (χ1v) is 4.32. The maximum Gasteiger partial charge on any atom is 0.191 e. The van der Waals surface area contributed by atoms with Crippen LogP contribution in [0.1, 0.15) is 23.0 Å². The first-order chi connectivity index (χ1) is 5.25. The van der Waals surface area contributed by atoms with Gasteiger partial charge in [-0.25, -0.2) is 0 Å². The number of hydrogen-bond donors (Lipinski definition) is 1. The molecule has 0 aliphatic rings. The molecule has 11 heavy (non-hydrogen) atoms. The van der Waals surface area contributed by atoms with Gasteiger partial charge in [0.05, 0.1) is 16.4 Å². The van der Waals surface area contributed by atoms with E-state index in [4.69, 9.17) is 5.73 Å². The smallest absolute Gasteiger partial charge is 0.191 e. The predicted octanol–water partition coefficient (Wildman–Crippen LogP) is 1.06. The highest BCUT2D eigenvalue weighted by atomic mass is 32.1. The second-order valence-electron chi connectivity index (χ2n) is 2.24. The van der Waals surface area contributed by atoms with Crippen molar-refractivity contribution in [2.45, 2.75) is 19.4 Å². The summed E-state index contributed by atoms with van der Waals surface area (Å²) in [6.07, 6.45) is 2.24. The van der Waals surface area contributed by atoms with E-state index in [1.807, 2.05) is 6.92 Å². The molecule has 3 nitrogen and oxygen atoms in total. The lowest BCUT2D eigenvalue weighted by Gasteiger charge is -2.03. The molecule has 0 saturated carbocycles. The SMILES string of the molecule is CCC(N)C(=O)c1cncs1. The lowest BCUT2D eigenvalue weighted by Crippen LogP contribution is -2.28. The average molecular weight is 170 g/mol. The van der Waals surface area contributed by atoms with Crippen LogP contribution in [0, 0.1) is 0 Å². The van der Waals surface area contributed by atoms with Crippen LogP contribution < -0.4 is 5.73 Å². The van der Waals surface area contributed by atoms with Gasteiger partial charge in [0, 0.05) is 6.20 Å². The maximum atomic E-state index is 11.3. The molecule has 1 rings (SSSR count). The number of rotatable bonds is 3. The number of thiazole rings is 1. The fourth-order valence-corrected chi connectivity index (χ4v) is 1.33. The van der Waals surface area contributed by atoms with Gasteiger partial charge >= 0.3 is 0 Å². The Morgan fingerprint density at radius 3 is 3.09 bits per heavy atom. The van der Waals surface area contributed by atoms with Crippen molar-refractivity contribution >= 4 is 17.1 Å². The van der Waals surface area contributed by atoms with Crippen molar-refractivity contribution in [2.75, 3.05) is 0 Å². The molecule has 0 bridgehead atoms. The number of hydrogen-bond acceptors (Lipinski definition) is 4. The molecule has 0 amide bonds. The average Bonchev–Trinajstić information content (AvgIpc) is 2.53. The Hall–Kier alpha value is -0.740. The van der Waals surface area contributed by atoms with Gasteiger partial charge in [-0.3, -0.25) is 9.78 Å². The summed E-state index contributed by atoms with van der Waals surface area (Å²) in [6.45, 7) is 1.89. The zero-order valence-corrected chi connectivity index (χ0v) is 7.10. The van der Waals surface area contributed by atoms with Gasteiger partial charge in [-0.2, -0.15) is 0 Å². The van der Waals surface area contributed by atoms with Gasteiger partial charge in [0.2, 0.25) is 0 Å². The molecule has 1 aromatic rings. The molecule has 0 aliphatic carbocycles. The van der Waals surface area contributed by atoms with Crippen molar-refractivity contribution in [1.82, 2.24) is 4.98 Å². The van der Waals surface area contributed by atoms with Crippen LogP contribution in [0.15, 0.2) is 11.7 Å². The lowest BCUT2D eigenvalue weighted by atomic mass is 10.1.